The van der Waals surface area contributed by atoms with Gasteiger partial charge < -0.3 is 19.7 Å². The summed E-state index contributed by atoms with van der Waals surface area (Å²) in [5.41, 5.74) is 1.13. The molecule has 1 heterocycles. The zero-order chi connectivity index (χ0) is 20.8. The molecule has 0 unspecified atom stereocenters. The van der Waals surface area contributed by atoms with Crippen LogP contribution in [0.25, 0.3) is 0 Å². The molecule has 0 aromatic heterocycles. The second-order valence-electron chi connectivity index (χ2n) is 6.47. The van der Waals surface area contributed by atoms with Gasteiger partial charge in [0.2, 0.25) is 5.91 Å². The smallest absolute Gasteiger partial charge is 0.311 e. The fourth-order valence-electron chi connectivity index (χ4n) is 3.05. The van der Waals surface area contributed by atoms with Crippen LogP contribution in [-0.2, 0) is 19.1 Å². The molecule has 1 atom stereocenters. The van der Waals surface area contributed by atoms with Crippen LogP contribution in [0.1, 0.15) is 13.3 Å². The topological polar surface area (TPSA) is 84.9 Å². The van der Waals surface area contributed by atoms with E-state index in [9.17, 15) is 14.4 Å². The van der Waals surface area contributed by atoms with E-state index in [1.165, 1.54) is 4.90 Å². The van der Waals surface area contributed by atoms with Crippen LogP contribution in [0, 0.1) is 5.92 Å². The molecule has 1 fully saturated rings. The fourth-order valence-corrected chi connectivity index (χ4v) is 3.24. The Hall–Kier alpha value is -3.06. The summed E-state index contributed by atoms with van der Waals surface area (Å²) in [6.45, 7) is 2.05. The predicted octanol–water partition coefficient (Wildman–Crippen LogP) is 3.27. The number of rotatable bonds is 7. The minimum absolute atomic E-state index is 0.0279. The van der Waals surface area contributed by atoms with Crippen LogP contribution in [0.15, 0.2) is 48.5 Å². The molecule has 152 valence electrons. The number of halogens is 1. The maximum Gasteiger partial charge on any atom is 0.311 e. The highest BCUT2D eigenvalue weighted by atomic mass is 35.5. The Morgan fingerprint density at radius 3 is 2.76 bits per heavy atom. The van der Waals surface area contributed by atoms with E-state index in [1.54, 1.807) is 48.5 Å². The van der Waals surface area contributed by atoms with Gasteiger partial charge in [0.15, 0.2) is 6.61 Å². The summed E-state index contributed by atoms with van der Waals surface area (Å²) in [5.74, 6) is -1.36. The Morgan fingerprint density at radius 1 is 1.21 bits per heavy atom. The summed E-state index contributed by atoms with van der Waals surface area (Å²) < 4.78 is 10.6. The number of benzene rings is 2. The first-order valence-corrected chi connectivity index (χ1v) is 9.60. The summed E-state index contributed by atoms with van der Waals surface area (Å²) >= 11 is 5.97. The molecular formula is C21H21ClN2O5. The molecule has 3 rings (SSSR count). The Labute approximate surface area is 173 Å². The number of carbonyl (C=O) groups excluding carboxylic acids is 3. The molecule has 1 N–H and O–H groups in total. The number of hydrogen-bond acceptors (Lipinski definition) is 5. The van der Waals surface area contributed by atoms with Crippen LogP contribution in [0.5, 0.6) is 5.75 Å². The Kier molecular flexibility index (Phi) is 6.72. The van der Waals surface area contributed by atoms with Gasteiger partial charge >= 0.3 is 5.97 Å². The van der Waals surface area contributed by atoms with Gasteiger partial charge in [0.25, 0.3) is 5.91 Å². The molecule has 2 amide bonds. The molecule has 7 nitrogen and oxygen atoms in total. The van der Waals surface area contributed by atoms with Crippen LogP contribution < -0.4 is 15.0 Å². The fraction of sp³-hybridized carbons (Fsp3) is 0.286. The van der Waals surface area contributed by atoms with Crippen molar-refractivity contribution >= 4 is 40.8 Å². The van der Waals surface area contributed by atoms with E-state index in [4.69, 9.17) is 21.1 Å². The van der Waals surface area contributed by atoms with E-state index in [0.29, 0.717) is 28.8 Å². The average Bonchev–Trinajstić information content (AvgIpc) is 3.10. The number of amides is 2. The highest BCUT2D eigenvalue weighted by Crippen LogP contribution is 2.28. The third kappa shape index (κ3) is 5.26. The molecule has 2 aromatic rings. The largest absolute Gasteiger partial charge is 0.492 e. The van der Waals surface area contributed by atoms with Gasteiger partial charge in [-0.25, -0.2) is 0 Å². The van der Waals surface area contributed by atoms with Gasteiger partial charge in [0.05, 0.1) is 18.2 Å². The monoisotopic (exact) mass is 416 g/mol. The first kappa shape index (κ1) is 20.7. The van der Waals surface area contributed by atoms with Gasteiger partial charge in [-0.1, -0.05) is 29.8 Å². The lowest BCUT2D eigenvalue weighted by Gasteiger charge is -2.16. The van der Waals surface area contributed by atoms with E-state index in [1.807, 2.05) is 6.92 Å². The lowest BCUT2D eigenvalue weighted by Crippen LogP contribution is -2.28. The van der Waals surface area contributed by atoms with Gasteiger partial charge in [-0.05, 0) is 37.3 Å². The van der Waals surface area contributed by atoms with Gasteiger partial charge in [-0.15, -0.1) is 0 Å². The van der Waals surface area contributed by atoms with Crippen molar-refractivity contribution in [1.82, 2.24) is 0 Å². The van der Waals surface area contributed by atoms with E-state index in [0.717, 1.165) is 0 Å². The molecular weight excluding hydrogens is 396 g/mol. The molecule has 1 aliphatic heterocycles. The normalized spacial score (nSPS) is 15.9. The van der Waals surface area contributed by atoms with E-state index < -0.39 is 24.4 Å². The Bertz CT molecular complexity index is 917. The maximum atomic E-state index is 12.3. The second-order valence-corrected chi connectivity index (χ2v) is 6.91. The zero-order valence-corrected chi connectivity index (χ0v) is 16.6. The van der Waals surface area contributed by atoms with E-state index in [2.05, 4.69) is 5.32 Å². The third-order valence-electron chi connectivity index (χ3n) is 4.38. The van der Waals surface area contributed by atoms with Crippen LogP contribution >= 0.6 is 11.6 Å². The number of nitrogens with one attached hydrogen (secondary N) is 1. The highest BCUT2D eigenvalue weighted by molar-refractivity contribution is 6.31. The van der Waals surface area contributed by atoms with Gasteiger partial charge in [-0.3, -0.25) is 14.4 Å². The number of anilines is 2. The maximum absolute atomic E-state index is 12.3. The van der Waals surface area contributed by atoms with E-state index >= 15 is 0 Å². The average molecular weight is 417 g/mol. The summed E-state index contributed by atoms with van der Waals surface area (Å²) in [4.78, 5) is 38.2. The molecule has 0 radical (unpaired) electrons. The molecule has 0 saturated carbocycles. The van der Waals surface area contributed by atoms with Crippen LogP contribution in [0.3, 0.4) is 0 Å². The molecule has 1 aliphatic rings. The van der Waals surface area contributed by atoms with Crippen LogP contribution in [-0.4, -0.2) is 37.5 Å². The van der Waals surface area contributed by atoms with Crippen LogP contribution in [0.4, 0.5) is 11.4 Å². The number of nitrogens with zero attached hydrogens (tertiary/aromatic N) is 1. The SMILES string of the molecule is CCOc1ccccc1NC(=O)COC(=O)[C@@H]1CC(=O)N(c2cccc(Cl)c2)C1. The van der Waals surface area contributed by atoms with Crippen molar-refractivity contribution in [3.8, 4) is 5.75 Å². The minimum Gasteiger partial charge on any atom is -0.492 e. The quantitative estimate of drug-likeness (QED) is 0.700. The summed E-state index contributed by atoms with van der Waals surface area (Å²) in [6.07, 6.45) is 0.0279. The van der Waals surface area contributed by atoms with Crippen molar-refractivity contribution in [2.75, 3.05) is 30.0 Å². The van der Waals surface area contributed by atoms with Crippen molar-refractivity contribution in [3.05, 3.63) is 53.6 Å². The van der Waals surface area contributed by atoms with Crippen molar-refractivity contribution in [3.63, 3.8) is 0 Å². The molecule has 2 aromatic carbocycles. The molecule has 0 bridgehead atoms. The Morgan fingerprint density at radius 2 is 2.00 bits per heavy atom. The molecule has 0 aliphatic carbocycles. The lowest BCUT2D eigenvalue weighted by atomic mass is 10.1. The molecule has 29 heavy (non-hydrogen) atoms. The number of esters is 1. The first-order chi connectivity index (χ1) is 14.0. The van der Waals surface area contributed by atoms with Crippen molar-refractivity contribution < 1.29 is 23.9 Å². The highest BCUT2D eigenvalue weighted by Gasteiger charge is 2.36. The summed E-state index contributed by atoms with van der Waals surface area (Å²) in [7, 11) is 0. The van der Waals surface area contributed by atoms with Crippen molar-refractivity contribution in [1.29, 1.82) is 0 Å². The molecule has 8 heteroatoms. The third-order valence-corrected chi connectivity index (χ3v) is 4.62. The minimum atomic E-state index is -0.634. The number of para-hydroxylation sites is 2. The van der Waals surface area contributed by atoms with E-state index in [-0.39, 0.29) is 18.9 Å². The lowest BCUT2D eigenvalue weighted by molar-refractivity contribution is -0.151. The molecule has 0 spiro atoms. The second kappa shape index (κ2) is 9.43. The summed E-state index contributed by atoms with van der Waals surface area (Å²) in [6, 6.07) is 13.9. The van der Waals surface area contributed by atoms with Gasteiger partial charge in [-0.2, -0.15) is 0 Å². The van der Waals surface area contributed by atoms with Crippen molar-refractivity contribution in [2.45, 2.75) is 13.3 Å². The number of hydrogen-bond donors (Lipinski definition) is 1. The molecule has 1 saturated heterocycles. The predicted molar refractivity (Wildman–Crippen MR) is 109 cm³/mol. The van der Waals surface area contributed by atoms with Crippen LogP contribution in [0.2, 0.25) is 5.02 Å². The zero-order valence-electron chi connectivity index (χ0n) is 15.9. The standard InChI is InChI=1S/C21H21ClN2O5/c1-2-28-18-9-4-3-8-17(18)23-19(25)13-29-21(27)14-10-20(26)24(12-14)16-7-5-6-15(22)11-16/h3-9,11,14H,2,10,12-13H2,1H3,(H,23,25)/t14-/m1/s1. The first-order valence-electron chi connectivity index (χ1n) is 9.22. The Balaban J connectivity index is 1.53. The van der Waals surface area contributed by atoms with Crippen molar-refractivity contribution in [2.24, 2.45) is 5.92 Å². The number of ether oxygens (including phenoxy) is 2. The summed E-state index contributed by atoms with van der Waals surface area (Å²) in [5, 5.41) is 3.16. The number of carbonyl (C=O) groups is 3. The van der Waals surface area contributed by atoms with Gasteiger partial charge in [0.1, 0.15) is 5.75 Å². The van der Waals surface area contributed by atoms with Gasteiger partial charge in [0, 0.05) is 23.7 Å².